The summed E-state index contributed by atoms with van der Waals surface area (Å²) in [6.07, 6.45) is 18.0. The molecule has 0 radical (unpaired) electrons. The molecule has 0 aromatic rings. The van der Waals surface area contributed by atoms with E-state index in [1.165, 1.54) is 56.8 Å². The van der Waals surface area contributed by atoms with Gasteiger partial charge in [-0.1, -0.05) is 48.5 Å². The number of carboxylic acid groups (broad SMARTS) is 1. The standard InChI is InChI=1S/C25H37NO2/c1-19(8-6-9-20(2)18-24(27)28)11-12-23-21(3)10-7-15-25(23,4)22-13-16-26(5)17-14-22/h6,8-9,11-12,18,22H,7,10,13-17H2,1-5H3,(H,27,28)/b9-6+,12-11+,19-8+,20-18+/t25-/m1/s1. The third-order valence-corrected chi connectivity index (χ3v) is 6.52. The Balaban J connectivity index is 2.15. The topological polar surface area (TPSA) is 40.5 Å². The molecule has 0 unspecified atom stereocenters. The average Bonchev–Trinajstić information content (AvgIpc) is 2.61. The van der Waals surface area contributed by atoms with Gasteiger partial charge in [0.05, 0.1) is 0 Å². The van der Waals surface area contributed by atoms with E-state index in [9.17, 15) is 4.79 Å². The highest BCUT2D eigenvalue weighted by atomic mass is 16.4. The quantitative estimate of drug-likeness (QED) is 0.457. The van der Waals surface area contributed by atoms with Gasteiger partial charge in [-0.15, -0.1) is 0 Å². The maximum atomic E-state index is 10.7. The predicted octanol–water partition coefficient (Wildman–Crippen LogP) is 5.92. The predicted molar refractivity (Wildman–Crippen MR) is 118 cm³/mol. The highest BCUT2D eigenvalue weighted by molar-refractivity contribution is 5.81. The van der Waals surface area contributed by atoms with Gasteiger partial charge in [-0.25, -0.2) is 4.79 Å². The lowest BCUT2D eigenvalue weighted by Crippen LogP contribution is -2.40. The summed E-state index contributed by atoms with van der Waals surface area (Å²) in [6.45, 7) is 11.1. The van der Waals surface area contributed by atoms with Gasteiger partial charge in [-0.2, -0.15) is 0 Å². The fraction of sp³-hybridized carbons (Fsp3) is 0.560. The Morgan fingerprint density at radius 2 is 1.86 bits per heavy atom. The molecule has 2 rings (SSSR count). The zero-order chi connectivity index (χ0) is 20.7. The summed E-state index contributed by atoms with van der Waals surface area (Å²) in [5.41, 5.74) is 5.30. The molecule has 0 aromatic heterocycles. The van der Waals surface area contributed by atoms with Gasteiger partial charge in [0, 0.05) is 6.08 Å². The number of hydrogen-bond donors (Lipinski definition) is 1. The number of piperidine rings is 1. The molecule has 2 aliphatic rings. The van der Waals surface area contributed by atoms with Gasteiger partial charge in [0.15, 0.2) is 0 Å². The number of carboxylic acids is 1. The molecule has 1 heterocycles. The van der Waals surface area contributed by atoms with Crippen molar-refractivity contribution in [1.29, 1.82) is 0 Å². The van der Waals surface area contributed by atoms with Gasteiger partial charge < -0.3 is 10.0 Å². The van der Waals surface area contributed by atoms with E-state index in [0.29, 0.717) is 0 Å². The van der Waals surface area contributed by atoms with Crippen molar-refractivity contribution in [3.05, 3.63) is 58.7 Å². The molecule has 1 N–H and O–H groups in total. The maximum Gasteiger partial charge on any atom is 0.328 e. The molecular formula is C25H37NO2. The van der Waals surface area contributed by atoms with E-state index < -0.39 is 5.97 Å². The van der Waals surface area contributed by atoms with E-state index in [1.54, 1.807) is 18.1 Å². The van der Waals surface area contributed by atoms with E-state index >= 15 is 0 Å². The molecule has 1 aliphatic heterocycles. The van der Waals surface area contributed by atoms with Gasteiger partial charge in [0.25, 0.3) is 0 Å². The van der Waals surface area contributed by atoms with Crippen LogP contribution in [0.1, 0.15) is 59.8 Å². The number of aliphatic carboxylic acids is 1. The SMILES string of the molecule is CC1=C(/C=C/C(C)=C/C=C/C(C)=C/C(=O)O)[C@@](C)(C2CCN(C)CC2)CCC1. The van der Waals surface area contributed by atoms with E-state index in [0.717, 1.165) is 11.5 Å². The van der Waals surface area contributed by atoms with Crippen LogP contribution in [0.3, 0.4) is 0 Å². The monoisotopic (exact) mass is 383 g/mol. The van der Waals surface area contributed by atoms with Crippen molar-refractivity contribution in [3.63, 3.8) is 0 Å². The molecule has 3 nitrogen and oxygen atoms in total. The Labute approximate surface area is 171 Å². The van der Waals surface area contributed by atoms with Crippen molar-refractivity contribution in [2.45, 2.75) is 59.8 Å². The number of carbonyl (C=O) groups is 1. The first-order valence-corrected chi connectivity index (χ1v) is 10.6. The largest absolute Gasteiger partial charge is 0.478 e. The summed E-state index contributed by atoms with van der Waals surface area (Å²) in [5.74, 6) is -0.137. The molecule has 154 valence electrons. The van der Waals surface area contributed by atoms with Crippen molar-refractivity contribution in [3.8, 4) is 0 Å². The van der Waals surface area contributed by atoms with Crippen LogP contribution < -0.4 is 0 Å². The van der Waals surface area contributed by atoms with Crippen LogP contribution in [0.5, 0.6) is 0 Å². The van der Waals surface area contributed by atoms with Gasteiger partial charge in [-0.05, 0) is 95.5 Å². The number of nitrogens with zero attached hydrogens (tertiary/aromatic N) is 1. The molecular weight excluding hydrogens is 346 g/mol. The molecule has 1 aliphatic carbocycles. The van der Waals surface area contributed by atoms with Crippen LogP contribution in [0.2, 0.25) is 0 Å². The minimum atomic E-state index is -0.907. The number of hydrogen-bond acceptors (Lipinski definition) is 2. The first-order chi connectivity index (χ1) is 13.2. The molecule has 0 amide bonds. The van der Waals surface area contributed by atoms with E-state index in [1.807, 2.05) is 18.2 Å². The smallest absolute Gasteiger partial charge is 0.328 e. The maximum absolute atomic E-state index is 10.7. The van der Waals surface area contributed by atoms with Gasteiger partial charge in [0.1, 0.15) is 0 Å². The summed E-state index contributed by atoms with van der Waals surface area (Å²) in [6, 6.07) is 0. The van der Waals surface area contributed by atoms with Gasteiger partial charge >= 0.3 is 5.97 Å². The summed E-state index contributed by atoms with van der Waals surface area (Å²) >= 11 is 0. The minimum absolute atomic E-state index is 0.289. The number of rotatable bonds is 6. The van der Waals surface area contributed by atoms with Crippen LogP contribution in [-0.2, 0) is 4.79 Å². The third kappa shape index (κ3) is 6.07. The Kier molecular flexibility index (Phi) is 8.06. The van der Waals surface area contributed by atoms with Crippen LogP contribution in [-0.4, -0.2) is 36.1 Å². The van der Waals surface area contributed by atoms with Crippen LogP contribution >= 0.6 is 0 Å². The van der Waals surface area contributed by atoms with Gasteiger partial charge in [0.2, 0.25) is 0 Å². The highest BCUT2D eigenvalue weighted by Gasteiger charge is 2.39. The lowest BCUT2D eigenvalue weighted by atomic mass is 9.61. The van der Waals surface area contributed by atoms with Crippen molar-refractivity contribution >= 4 is 5.97 Å². The van der Waals surface area contributed by atoms with Crippen molar-refractivity contribution in [1.82, 2.24) is 4.90 Å². The van der Waals surface area contributed by atoms with Crippen LogP contribution in [0.25, 0.3) is 0 Å². The summed E-state index contributed by atoms with van der Waals surface area (Å²) in [7, 11) is 2.23. The zero-order valence-corrected chi connectivity index (χ0v) is 18.3. The second kappa shape index (κ2) is 10.1. The second-order valence-corrected chi connectivity index (χ2v) is 8.87. The fourth-order valence-corrected chi connectivity index (χ4v) is 4.74. The molecule has 0 bridgehead atoms. The number of allylic oxidation sites excluding steroid dienone is 9. The molecule has 1 fully saturated rings. The molecule has 3 heteroatoms. The first-order valence-electron chi connectivity index (χ1n) is 10.6. The molecule has 1 atom stereocenters. The third-order valence-electron chi connectivity index (χ3n) is 6.52. The normalized spacial score (nSPS) is 26.6. The summed E-state index contributed by atoms with van der Waals surface area (Å²) in [4.78, 5) is 13.1. The Morgan fingerprint density at radius 3 is 2.50 bits per heavy atom. The van der Waals surface area contributed by atoms with Gasteiger partial charge in [-0.3, -0.25) is 0 Å². The molecule has 28 heavy (non-hydrogen) atoms. The molecule has 0 saturated carbocycles. The Hall–Kier alpha value is -1.87. The van der Waals surface area contributed by atoms with E-state index in [4.69, 9.17) is 5.11 Å². The van der Waals surface area contributed by atoms with Crippen molar-refractivity contribution < 1.29 is 9.90 Å². The average molecular weight is 384 g/mol. The van der Waals surface area contributed by atoms with Crippen molar-refractivity contribution in [2.24, 2.45) is 11.3 Å². The summed E-state index contributed by atoms with van der Waals surface area (Å²) < 4.78 is 0. The first kappa shape index (κ1) is 22.4. The van der Waals surface area contributed by atoms with Crippen molar-refractivity contribution in [2.75, 3.05) is 20.1 Å². The fourth-order valence-electron chi connectivity index (χ4n) is 4.74. The second-order valence-electron chi connectivity index (χ2n) is 8.87. The minimum Gasteiger partial charge on any atom is -0.478 e. The molecule has 0 aromatic carbocycles. The van der Waals surface area contributed by atoms with Crippen LogP contribution in [0, 0.1) is 11.3 Å². The lowest BCUT2D eigenvalue weighted by molar-refractivity contribution is -0.131. The highest BCUT2D eigenvalue weighted by Crippen LogP contribution is 2.50. The van der Waals surface area contributed by atoms with E-state index in [2.05, 4.69) is 44.9 Å². The number of likely N-dealkylation sites (tertiary alicyclic amines) is 1. The van der Waals surface area contributed by atoms with Crippen LogP contribution in [0.15, 0.2) is 58.7 Å². The lowest BCUT2D eigenvalue weighted by Gasteiger charge is -2.46. The Morgan fingerprint density at radius 1 is 1.18 bits per heavy atom. The summed E-state index contributed by atoms with van der Waals surface area (Å²) in [5, 5.41) is 8.77. The Bertz CT molecular complexity index is 715. The molecule has 1 saturated heterocycles. The van der Waals surface area contributed by atoms with E-state index in [-0.39, 0.29) is 5.41 Å². The van der Waals surface area contributed by atoms with Crippen LogP contribution in [0.4, 0.5) is 0 Å². The zero-order valence-electron chi connectivity index (χ0n) is 18.3. The molecule has 0 spiro atoms.